The Morgan fingerprint density at radius 1 is 1.14 bits per heavy atom. The summed E-state index contributed by atoms with van der Waals surface area (Å²) in [7, 11) is 0. The van der Waals surface area contributed by atoms with Crippen molar-refractivity contribution in [3.05, 3.63) is 53.1 Å². The van der Waals surface area contributed by atoms with Gasteiger partial charge in [-0.05, 0) is 52.7 Å². The first-order chi connectivity index (χ1) is 10.2. The maximum atomic E-state index is 6.23. The lowest BCUT2D eigenvalue weighted by Crippen LogP contribution is -2.01. The van der Waals surface area contributed by atoms with Gasteiger partial charge < -0.3 is 5.73 Å². The monoisotopic (exact) mass is 299 g/mol. The third-order valence-corrected chi connectivity index (χ3v) is 3.62. The standard InChI is InChI=1S/C15H14ClN5/c1-2-10-3-6-12(7-4-10)21-15(18-19-20-21)13-9-11(17)5-8-14(13)16/h3-9H,2,17H2,1H3. The van der Waals surface area contributed by atoms with Gasteiger partial charge in [0.1, 0.15) is 0 Å². The summed E-state index contributed by atoms with van der Waals surface area (Å²) in [4.78, 5) is 0. The summed E-state index contributed by atoms with van der Waals surface area (Å²) in [6.45, 7) is 2.12. The first-order valence-electron chi connectivity index (χ1n) is 6.62. The lowest BCUT2D eigenvalue weighted by molar-refractivity contribution is 0.791. The lowest BCUT2D eigenvalue weighted by atomic mass is 10.1. The van der Waals surface area contributed by atoms with Crippen LogP contribution in [0.5, 0.6) is 0 Å². The van der Waals surface area contributed by atoms with Crippen molar-refractivity contribution in [1.29, 1.82) is 0 Å². The molecule has 0 unspecified atom stereocenters. The first kappa shape index (κ1) is 13.6. The minimum Gasteiger partial charge on any atom is -0.399 e. The summed E-state index contributed by atoms with van der Waals surface area (Å²) in [5.74, 6) is 0.566. The number of aromatic nitrogens is 4. The average molecular weight is 300 g/mol. The predicted molar refractivity (Wildman–Crippen MR) is 83.4 cm³/mol. The number of nitrogen functional groups attached to an aromatic ring is 1. The van der Waals surface area contributed by atoms with Gasteiger partial charge in [0.2, 0.25) is 0 Å². The molecule has 0 saturated heterocycles. The van der Waals surface area contributed by atoms with Gasteiger partial charge in [-0.3, -0.25) is 0 Å². The number of hydrogen-bond donors (Lipinski definition) is 1. The molecule has 0 aliphatic carbocycles. The molecule has 1 heterocycles. The second-order valence-corrected chi connectivity index (χ2v) is 5.08. The maximum Gasteiger partial charge on any atom is 0.188 e. The Hall–Kier alpha value is -2.40. The summed E-state index contributed by atoms with van der Waals surface area (Å²) in [6.07, 6.45) is 0.990. The second kappa shape index (κ2) is 5.54. The van der Waals surface area contributed by atoms with Crippen LogP contribution in [0.2, 0.25) is 5.02 Å². The summed E-state index contributed by atoms with van der Waals surface area (Å²) in [6, 6.07) is 13.3. The Bertz CT molecular complexity index is 764. The maximum absolute atomic E-state index is 6.23. The fraction of sp³-hybridized carbons (Fsp3) is 0.133. The van der Waals surface area contributed by atoms with E-state index in [1.807, 2.05) is 12.1 Å². The number of benzene rings is 2. The minimum atomic E-state index is 0.561. The van der Waals surface area contributed by atoms with Gasteiger partial charge in [0.25, 0.3) is 0 Å². The quantitative estimate of drug-likeness (QED) is 0.754. The predicted octanol–water partition coefficient (Wildman–Crippen LogP) is 3.13. The molecule has 2 aromatic carbocycles. The minimum absolute atomic E-state index is 0.561. The van der Waals surface area contributed by atoms with Crippen LogP contribution in [0.25, 0.3) is 17.1 Å². The molecule has 0 saturated carbocycles. The zero-order valence-corrected chi connectivity index (χ0v) is 12.2. The number of rotatable bonds is 3. The third kappa shape index (κ3) is 2.60. The van der Waals surface area contributed by atoms with Crippen molar-refractivity contribution >= 4 is 17.3 Å². The summed E-state index contributed by atoms with van der Waals surface area (Å²) >= 11 is 6.23. The van der Waals surface area contributed by atoms with Gasteiger partial charge >= 0.3 is 0 Å². The number of halogens is 1. The highest BCUT2D eigenvalue weighted by Gasteiger charge is 2.14. The molecule has 3 rings (SSSR count). The van der Waals surface area contributed by atoms with Gasteiger partial charge in [-0.25, -0.2) is 0 Å². The molecule has 3 aromatic rings. The van der Waals surface area contributed by atoms with Crippen LogP contribution in [0.15, 0.2) is 42.5 Å². The molecule has 2 N–H and O–H groups in total. The zero-order valence-electron chi connectivity index (χ0n) is 11.5. The molecule has 0 radical (unpaired) electrons. The first-order valence-corrected chi connectivity index (χ1v) is 7.00. The van der Waals surface area contributed by atoms with Crippen molar-refractivity contribution in [3.8, 4) is 17.1 Å². The van der Waals surface area contributed by atoms with Crippen LogP contribution in [-0.2, 0) is 6.42 Å². The number of nitrogens with two attached hydrogens (primary N) is 1. The molecule has 21 heavy (non-hydrogen) atoms. The highest BCUT2D eigenvalue weighted by Crippen LogP contribution is 2.29. The highest BCUT2D eigenvalue weighted by atomic mass is 35.5. The Morgan fingerprint density at radius 2 is 1.90 bits per heavy atom. The van der Waals surface area contributed by atoms with E-state index in [1.54, 1.807) is 22.9 Å². The van der Waals surface area contributed by atoms with Gasteiger partial charge in [-0.1, -0.05) is 30.7 Å². The Balaban J connectivity index is 2.10. The fourth-order valence-corrected chi connectivity index (χ4v) is 2.32. The molecule has 0 fully saturated rings. The fourth-order valence-electron chi connectivity index (χ4n) is 2.12. The molecule has 0 bridgehead atoms. The van der Waals surface area contributed by atoms with Crippen molar-refractivity contribution in [3.63, 3.8) is 0 Å². The Labute approximate surface area is 127 Å². The lowest BCUT2D eigenvalue weighted by Gasteiger charge is -2.07. The van der Waals surface area contributed by atoms with Crippen LogP contribution in [0.4, 0.5) is 5.69 Å². The van der Waals surface area contributed by atoms with Crippen LogP contribution >= 0.6 is 11.6 Å². The molecular weight excluding hydrogens is 286 g/mol. The van der Waals surface area contributed by atoms with Gasteiger partial charge in [0, 0.05) is 11.3 Å². The molecular formula is C15H14ClN5. The summed E-state index contributed by atoms with van der Waals surface area (Å²) < 4.78 is 1.65. The van der Waals surface area contributed by atoms with Gasteiger partial charge in [0.15, 0.2) is 5.82 Å². The van der Waals surface area contributed by atoms with E-state index < -0.39 is 0 Å². The van der Waals surface area contributed by atoms with Crippen molar-refractivity contribution < 1.29 is 0 Å². The van der Waals surface area contributed by atoms with E-state index in [-0.39, 0.29) is 0 Å². The summed E-state index contributed by atoms with van der Waals surface area (Å²) in [5, 5.41) is 12.4. The van der Waals surface area contributed by atoms with Crippen molar-refractivity contribution in [2.24, 2.45) is 0 Å². The number of hydrogen-bond acceptors (Lipinski definition) is 4. The van der Waals surface area contributed by atoms with Gasteiger partial charge in [0.05, 0.1) is 10.7 Å². The van der Waals surface area contributed by atoms with Crippen LogP contribution in [0, 0.1) is 0 Å². The van der Waals surface area contributed by atoms with E-state index in [4.69, 9.17) is 17.3 Å². The molecule has 106 valence electrons. The second-order valence-electron chi connectivity index (χ2n) is 4.67. The van der Waals surface area contributed by atoms with Crippen LogP contribution < -0.4 is 5.73 Å². The van der Waals surface area contributed by atoms with E-state index in [2.05, 4.69) is 34.6 Å². The number of anilines is 1. The Kier molecular flexibility index (Phi) is 3.58. The zero-order chi connectivity index (χ0) is 14.8. The average Bonchev–Trinajstić information content (AvgIpc) is 2.99. The molecule has 1 aromatic heterocycles. The number of aryl methyl sites for hydroxylation is 1. The molecule has 0 atom stereocenters. The van der Waals surface area contributed by atoms with E-state index >= 15 is 0 Å². The van der Waals surface area contributed by atoms with Crippen LogP contribution in [0.3, 0.4) is 0 Å². The number of tetrazole rings is 1. The molecule has 5 nitrogen and oxygen atoms in total. The summed E-state index contributed by atoms with van der Waals surface area (Å²) in [5.41, 5.74) is 9.29. The van der Waals surface area contributed by atoms with Crippen molar-refractivity contribution in [1.82, 2.24) is 20.2 Å². The van der Waals surface area contributed by atoms with E-state index in [0.29, 0.717) is 22.1 Å². The molecule has 0 aliphatic rings. The molecule has 0 aliphatic heterocycles. The van der Waals surface area contributed by atoms with Crippen LogP contribution in [0.1, 0.15) is 12.5 Å². The third-order valence-electron chi connectivity index (χ3n) is 3.29. The normalized spacial score (nSPS) is 10.8. The number of nitrogens with zero attached hydrogens (tertiary/aromatic N) is 4. The highest BCUT2D eigenvalue weighted by molar-refractivity contribution is 6.33. The molecule has 0 amide bonds. The molecule has 0 spiro atoms. The van der Waals surface area contributed by atoms with E-state index in [9.17, 15) is 0 Å². The van der Waals surface area contributed by atoms with E-state index in [1.165, 1.54) is 5.56 Å². The van der Waals surface area contributed by atoms with Gasteiger partial charge in [-0.2, -0.15) is 4.68 Å². The van der Waals surface area contributed by atoms with Crippen molar-refractivity contribution in [2.75, 3.05) is 5.73 Å². The van der Waals surface area contributed by atoms with Crippen LogP contribution in [-0.4, -0.2) is 20.2 Å². The topological polar surface area (TPSA) is 69.6 Å². The van der Waals surface area contributed by atoms with Gasteiger partial charge in [-0.15, -0.1) is 5.10 Å². The SMILES string of the molecule is CCc1ccc(-n2nnnc2-c2cc(N)ccc2Cl)cc1. The van der Waals surface area contributed by atoms with E-state index in [0.717, 1.165) is 12.1 Å². The largest absolute Gasteiger partial charge is 0.399 e. The molecule has 6 heteroatoms. The van der Waals surface area contributed by atoms with Crippen molar-refractivity contribution in [2.45, 2.75) is 13.3 Å². The Morgan fingerprint density at radius 3 is 2.62 bits per heavy atom. The smallest absolute Gasteiger partial charge is 0.188 e.